The summed E-state index contributed by atoms with van der Waals surface area (Å²) in [5.74, 6) is -2.46. The van der Waals surface area contributed by atoms with Gasteiger partial charge < -0.3 is 27.0 Å². The maximum absolute atomic E-state index is 12.8. The predicted octanol–water partition coefficient (Wildman–Crippen LogP) is 0.667. The first-order chi connectivity index (χ1) is 15.2. The molecule has 8 N–H and O–H groups in total. The van der Waals surface area contributed by atoms with Gasteiger partial charge >= 0.3 is 6.18 Å². The number of hydrogen-bond acceptors (Lipinski definition) is 6. The van der Waals surface area contributed by atoms with Crippen molar-refractivity contribution in [3.63, 3.8) is 0 Å². The van der Waals surface area contributed by atoms with Gasteiger partial charge in [-0.3, -0.25) is 14.3 Å². The van der Waals surface area contributed by atoms with Crippen molar-refractivity contribution in [3.05, 3.63) is 57.5 Å². The van der Waals surface area contributed by atoms with E-state index in [1.54, 1.807) is 0 Å². The van der Waals surface area contributed by atoms with Gasteiger partial charge in [0.05, 0.1) is 16.4 Å². The second-order valence-electron chi connectivity index (χ2n) is 6.83. The average Bonchev–Trinajstić information content (AvgIpc) is 2.69. The van der Waals surface area contributed by atoms with Gasteiger partial charge in [-0.2, -0.15) is 13.2 Å². The van der Waals surface area contributed by atoms with Crippen LogP contribution in [0.25, 0.3) is 0 Å². The van der Waals surface area contributed by atoms with Crippen LogP contribution in [0.1, 0.15) is 29.2 Å². The van der Waals surface area contributed by atoms with E-state index in [1.165, 1.54) is 13.0 Å². The minimum absolute atomic E-state index is 0.0625. The Hall–Kier alpha value is -3.75. The van der Waals surface area contributed by atoms with Gasteiger partial charge in [0.2, 0.25) is 11.9 Å². The molecule has 1 aromatic heterocycles. The van der Waals surface area contributed by atoms with Crippen LogP contribution < -0.4 is 27.5 Å². The number of sulfonamides is 1. The van der Waals surface area contributed by atoms with Crippen molar-refractivity contribution in [2.75, 3.05) is 11.3 Å². The zero-order valence-corrected chi connectivity index (χ0v) is 18.0. The van der Waals surface area contributed by atoms with Crippen molar-refractivity contribution in [1.29, 1.82) is 0 Å². The van der Waals surface area contributed by atoms with Gasteiger partial charge in [-0.15, -0.1) is 0 Å². The molecule has 0 bridgehead atoms. The maximum Gasteiger partial charge on any atom is 0.416 e. The third-order valence-corrected chi connectivity index (χ3v) is 5.68. The highest BCUT2D eigenvalue weighted by Crippen LogP contribution is 2.31. The number of halogens is 3. The van der Waals surface area contributed by atoms with Crippen LogP contribution >= 0.6 is 0 Å². The molecular formula is C18H21F3N6O5S. The SMILES string of the molecule is Cc1cc(C(CCON=C(N)N)C(N)=O)c(NS(=O)(=O)c2ccc(C(F)(F)F)cc2)c(=O)[nH]1. The molecule has 0 aliphatic carbocycles. The van der Waals surface area contributed by atoms with Crippen molar-refractivity contribution < 1.29 is 31.2 Å². The molecule has 0 aliphatic heterocycles. The van der Waals surface area contributed by atoms with Gasteiger partial charge in [0.25, 0.3) is 15.6 Å². The van der Waals surface area contributed by atoms with Gasteiger partial charge in [0.15, 0.2) is 0 Å². The topological polar surface area (TPSA) is 196 Å². The summed E-state index contributed by atoms with van der Waals surface area (Å²) in [7, 11) is -4.50. The Labute approximate surface area is 185 Å². The first-order valence-electron chi connectivity index (χ1n) is 9.16. The average molecular weight is 490 g/mol. The minimum Gasteiger partial charge on any atom is -0.393 e. The molecule has 0 saturated carbocycles. The number of carbonyl (C=O) groups excluding carboxylic acids is 1. The van der Waals surface area contributed by atoms with E-state index in [-0.39, 0.29) is 24.6 Å². The molecule has 0 radical (unpaired) electrons. The van der Waals surface area contributed by atoms with E-state index in [9.17, 15) is 31.2 Å². The predicted molar refractivity (Wildman–Crippen MR) is 112 cm³/mol. The molecule has 180 valence electrons. The van der Waals surface area contributed by atoms with E-state index in [2.05, 4.69) is 10.1 Å². The standard InChI is InChI=1S/C18H21F3N6O5S/c1-9-8-13(12(15(22)28)6-7-32-26-17(23)24)14(16(29)25-9)27-33(30,31)11-4-2-10(3-5-11)18(19,20)21/h2-5,8,12,27H,6-7H2,1H3,(H2,22,28)(H,25,29)(H4,23,24,26). The molecule has 11 nitrogen and oxygen atoms in total. The number of aromatic amines is 1. The summed E-state index contributed by atoms with van der Waals surface area (Å²) in [5, 5.41) is 3.29. The third kappa shape index (κ3) is 6.61. The number of H-pyrrole nitrogens is 1. The summed E-state index contributed by atoms with van der Waals surface area (Å²) in [6.45, 7) is 1.29. The fourth-order valence-electron chi connectivity index (χ4n) is 2.85. The smallest absolute Gasteiger partial charge is 0.393 e. The number of primary amides is 1. The Morgan fingerprint density at radius 3 is 2.33 bits per heavy atom. The lowest BCUT2D eigenvalue weighted by molar-refractivity contribution is -0.137. The zero-order chi connectivity index (χ0) is 25.0. The number of amides is 1. The van der Waals surface area contributed by atoms with Gasteiger partial charge in [-0.05, 0) is 54.4 Å². The zero-order valence-electron chi connectivity index (χ0n) is 17.1. The number of rotatable bonds is 9. The molecule has 1 aromatic carbocycles. The van der Waals surface area contributed by atoms with Gasteiger partial charge in [-0.1, -0.05) is 0 Å². The molecule has 2 aromatic rings. The van der Waals surface area contributed by atoms with Crippen molar-refractivity contribution in [1.82, 2.24) is 4.98 Å². The lowest BCUT2D eigenvalue weighted by Crippen LogP contribution is -2.29. The number of aromatic nitrogens is 1. The number of nitrogens with two attached hydrogens (primary N) is 3. The minimum atomic E-state index is -4.66. The van der Waals surface area contributed by atoms with E-state index in [1.807, 2.05) is 4.72 Å². The first-order valence-corrected chi connectivity index (χ1v) is 10.6. The number of pyridine rings is 1. The van der Waals surface area contributed by atoms with Crippen molar-refractivity contribution in [2.24, 2.45) is 22.4 Å². The number of aryl methyl sites for hydroxylation is 1. The van der Waals surface area contributed by atoms with Crippen molar-refractivity contribution >= 4 is 27.6 Å². The Bertz CT molecular complexity index is 1210. The van der Waals surface area contributed by atoms with Gasteiger partial charge in [0.1, 0.15) is 12.3 Å². The monoisotopic (exact) mass is 490 g/mol. The Kier molecular flexibility index (Phi) is 7.58. The van der Waals surface area contributed by atoms with Crippen LogP contribution in [0, 0.1) is 6.92 Å². The number of nitrogens with one attached hydrogen (secondary N) is 2. The second-order valence-corrected chi connectivity index (χ2v) is 8.51. The molecular weight excluding hydrogens is 469 g/mol. The molecule has 33 heavy (non-hydrogen) atoms. The number of anilines is 1. The molecule has 15 heteroatoms. The lowest BCUT2D eigenvalue weighted by Gasteiger charge is -2.18. The second kappa shape index (κ2) is 9.81. The Balaban J connectivity index is 2.44. The number of alkyl halides is 3. The summed E-state index contributed by atoms with van der Waals surface area (Å²) in [4.78, 5) is 31.3. The molecule has 0 fully saturated rings. The van der Waals surface area contributed by atoms with Crippen LogP contribution in [-0.4, -0.2) is 31.9 Å². The lowest BCUT2D eigenvalue weighted by atomic mass is 9.94. The van der Waals surface area contributed by atoms with E-state index >= 15 is 0 Å². The quantitative estimate of drug-likeness (QED) is 0.147. The molecule has 2 rings (SSSR count). The summed E-state index contributed by atoms with van der Waals surface area (Å²) in [6, 6.07) is 3.98. The molecule has 1 amide bonds. The van der Waals surface area contributed by atoms with Crippen LogP contribution in [0.15, 0.2) is 45.2 Å². The van der Waals surface area contributed by atoms with E-state index < -0.39 is 49.7 Å². The molecule has 0 spiro atoms. The molecule has 1 unspecified atom stereocenters. The maximum atomic E-state index is 12.8. The van der Waals surface area contributed by atoms with E-state index in [4.69, 9.17) is 22.0 Å². The summed E-state index contributed by atoms with van der Waals surface area (Å²) < 4.78 is 65.8. The largest absolute Gasteiger partial charge is 0.416 e. The Morgan fingerprint density at radius 2 is 1.82 bits per heavy atom. The van der Waals surface area contributed by atoms with Crippen LogP contribution in [0.3, 0.4) is 0 Å². The number of oxime groups is 1. The van der Waals surface area contributed by atoms with Crippen LogP contribution in [0.4, 0.5) is 18.9 Å². The number of hydrogen-bond donors (Lipinski definition) is 5. The molecule has 1 heterocycles. The van der Waals surface area contributed by atoms with E-state index in [0.717, 1.165) is 12.1 Å². The van der Waals surface area contributed by atoms with E-state index in [0.29, 0.717) is 17.8 Å². The normalized spacial score (nSPS) is 12.6. The molecule has 0 saturated heterocycles. The van der Waals surface area contributed by atoms with Crippen molar-refractivity contribution in [2.45, 2.75) is 30.3 Å². The fraction of sp³-hybridized carbons (Fsp3) is 0.278. The van der Waals surface area contributed by atoms with Gasteiger partial charge in [0, 0.05) is 5.69 Å². The summed E-state index contributed by atoms with van der Waals surface area (Å²) in [5.41, 5.74) is 13.5. The summed E-state index contributed by atoms with van der Waals surface area (Å²) in [6.07, 6.45) is -4.78. The Morgan fingerprint density at radius 1 is 1.21 bits per heavy atom. The van der Waals surface area contributed by atoms with Crippen LogP contribution in [-0.2, 0) is 25.8 Å². The van der Waals surface area contributed by atoms with Crippen LogP contribution in [0.2, 0.25) is 0 Å². The highest BCUT2D eigenvalue weighted by molar-refractivity contribution is 7.92. The number of guanidine groups is 1. The number of carbonyl (C=O) groups is 1. The number of benzene rings is 1. The van der Waals surface area contributed by atoms with Crippen LogP contribution in [0.5, 0.6) is 0 Å². The van der Waals surface area contributed by atoms with Gasteiger partial charge in [-0.25, -0.2) is 8.42 Å². The highest BCUT2D eigenvalue weighted by atomic mass is 32.2. The fourth-order valence-corrected chi connectivity index (χ4v) is 3.94. The highest BCUT2D eigenvalue weighted by Gasteiger charge is 2.31. The third-order valence-electron chi connectivity index (χ3n) is 4.31. The van der Waals surface area contributed by atoms with Crippen molar-refractivity contribution in [3.8, 4) is 0 Å². The summed E-state index contributed by atoms with van der Waals surface area (Å²) >= 11 is 0. The molecule has 0 aliphatic rings. The first kappa shape index (κ1) is 25.5. The molecule has 1 atom stereocenters. The number of nitrogens with zero attached hydrogens (tertiary/aromatic N) is 1.